The fourth-order valence-electron chi connectivity index (χ4n) is 5.05. The van der Waals surface area contributed by atoms with Crippen molar-refractivity contribution in [2.75, 3.05) is 10.8 Å². The summed E-state index contributed by atoms with van der Waals surface area (Å²) < 4.78 is 29.5. The molecule has 4 rings (SSSR count). The fraction of sp³-hybridized carbons (Fsp3) is 0.257. The van der Waals surface area contributed by atoms with Crippen LogP contribution >= 0.6 is 23.2 Å². The second kappa shape index (κ2) is 15.4. The van der Waals surface area contributed by atoms with Gasteiger partial charge in [-0.25, -0.2) is 8.42 Å². The molecule has 0 aliphatic rings. The number of hydrogen-bond donors (Lipinski definition) is 1. The lowest BCUT2D eigenvalue weighted by atomic mass is 10.0. The minimum Gasteiger partial charge on any atom is -0.352 e. The average Bonchev–Trinajstić information content (AvgIpc) is 3.02. The van der Waals surface area contributed by atoms with Crippen molar-refractivity contribution >= 4 is 50.7 Å². The minimum absolute atomic E-state index is 0.0491. The normalized spacial score (nSPS) is 12.0. The number of anilines is 1. The van der Waals surface area contributed by atoms with Crippen LogP contribution in [-0.2, 0) is 39.0 Å². The minimum atomic E-state index is -4.18. The summed E-state index contributed by atoms with van der Waals surface area (Å²) >= 11 is 12.7. The molecule has 1 atom stereocenters. The highest BCUT2D eigenvalue weighted by atomic mass is 35.5. The Kier molecular flexibility index (Phi) is 11.7. The molecule has 0 fully saturated rings. The molecule has 236 valence electrons. The number of sulfonamides is 1. The van der Waals surface area contributed by atoms with Crippen LogP contribution in [0.25, 0.3) is 0 Å². The van der Waals surface area contributed by atoms with Crippen LogP contribution in [-0.4, -0.2) is 43.8 Å². The summed E-state index contributed by atoms with van der Waals surface area (Å²) in [5.74, 6) is -0.926. The molecule has 0 aromatic heterocycles. The van der Waals surface area contributed by atoms with Gasteiger partial charge < -0.3 is 10.2 Å². The van der Waals surface area contributed by atoms with Gasteiger partial charge in [0.15, 0.2) is 0 Å². The number of nitrogens with one attached hydrogen (secondary N) is 1. The van der Waals surface area contributed by atoms with Crippen LogP contribution in [0.1, 0.15) is 37.5 Å². The topological polar surface area (TPSA) is 86.8 Å². The van der Waals surface area contributed by atoms with Gasteiger partial charge in [0.25, 0.3) is 10.0 Å². The highest BCUT2D eigenvalue weighted by molar-refractivity contribution is 7.92. The van der Waals surface area contributed by atoms with E-state index in [0.717, 1.165) is 15.4 Å². The molecule has 0 aliphatic carbocycles. The van der Waals surface area contributed by atoms with Gasteiger partial charge in [-0.05, 0) is 67.3 Å². The third-order valence-corrected chi connectivity index (χ3v) is 9.67. The molecule has 45 heavy (non-hydrogen) atoms. The van der Waals surface area contributed by atoms with E-state index in [-0.39, 0.29) is 29.8 Å². The first-order valence-electron chi connectivity index (χ1n) is 14.7. The lowest BCUT2D eigenvalue weighted by Crippen LogP contribution is -2.54. The molecule has 2 amide bonds. The van der Waals surface area contributed by atoms with Crippen molar-refractivity contribution in [2.45, 2.75) is 57.1 Å². The summed E-state index contributed by atoms with van der Waals surface area (Å²) in [6.45, 7) is 5.02. The van der Waals surface area contributed by atoms with Crippen LogP contribution in [0.3, 0.4) is 0 Å². The van der Waals surface area contributed by atoms with Crippen molar-refractivity contribution in [1.82, 2.24) is 10.2 Å². The predicted molar refractivity (Wildman–Crippen MR) is 181 cm³/mol. The van der Waals surface area contributed by atoms with Crippen molar-refractivity contribution in [3.05, 3.63) is 130 Å². The van der Waals surface area contributed by atoms with Gasteiger partial charge in [-0.3, -0.25) is 13.9 Å². The molecule has 0 heterocycles. The molecule has 10 heteroatoms. The second-order valence-corrected chi connectivity index (χ2v) is 13.6. The van der Waals surface area contributed by atoms with Gasteiger partial charge in [-0.2, -0.15) is 0 Å². The lowest BCUT2D eigenvalue weighted by Gasteiger charge is -2.34. The van der Waals surface area contributed by atoms with Crippen LogP contribution < -0.4 is 9.62 Å². The van der Waals surface area contributed by atoms with Gasteiger partial charge in [0, 0.05) is 29.1 Å². The number of para-hydroxylation sites is 1. The first-order valence-corrected chi connectivity index (χ1v) is 16.9. The standard InChI is InChI=1S/C35H37Cl2N3O4S/c1-4-27-15-11-12-18-32(27)40(45(43,44)30-16-9-6-10-17-30)24-34(41)39(23-28-19-20-29(36)22-31(28)37)33(35(42)38-25(2)3)21-26-13-7-5-8-14-26/h5-20,22,25,33H,4,21,23-24H2,1-3H3,(H,38,42)/t33-/m0/s1. The van der Waals surface area contributed by atoms with E-state index in [4.69, 9.17) is 23.2 Å². The van der Waals surface area contributed by atoms with Crippen LogP contribution in [0.4, 0.5) is 5.69 Å². The van der Waals surface area contributed by atoms with Crippen LogP contribution in [0.15, 0.2) is 108 Å². The number of benzene rings is 4. The van der Waals surface area contributed by atoms with E-state index in [0.29, 0.717) is 27.7 Å². The molecule has 0 saturated heterocycles. The van der Waals surface area contributed by atoms with E-state index in [1.54, 1.807) is 48.5 Å². The molecule has 1 N–H and O–H groups in total. The largest absolute Gasteiger partial charge is 0.352 e. The summed E-state index contributed by atoms with van der Waals surface area (Å²) in [6, 6.07) is 28.3. The maximum atomic E-state index is 14.6. The summed E-state index contributed by atoms with van der Waals surface area (Å²) in [5, 5.41) is 3.70. The van der Waals surface area contributed by atoms with Gasteiger partial charge in [0.2, 0.25) is 11.8 Å². The van der Waals surface area contributed by atoms with Crippen LogP contribution in [0.5, 0.6) is 0 Å². The number of hydrogen-bond acceptors (Lipinski definition) is 4. The zero-order valence-corrected chi connectivity index (χ0v) is 27.8. The van der Waals surface area contributed by atoms with Gasteiger partial charge in [0.05, 0.1) is 10.6 Å². The summed E-state index contributed by atoms with van der Waals surface area (Å²) in [6.07, 6.45) is 0.746. The SMILES string of the molecule is CCc1ccccc1N(CC(=O)N(Cc1ccc(Cl)cc1Cl)[C@@H](Cc1ccccc1)C(=O)NC(C)C)S(=O)(=O)c1ccccc1. The van der Waals surface area contributed by atoms with E-state index in [2.05, 4.69) is 5.32 Å². The Morgan fingerprint density at radius 3 is 2.07 bits per heavy atom. The zero-order valence-electron chi connectivity index (χ0n) is 25.5. The Labute approximate surface area is 275 Å². The Bertz CT molecular complexity index is 1720. The monoisotopic (exact) mass is 665 g/mol. The number of amides is 2. The van der Waals surface area contributed by atoms with Gasteiger partial charge in [0.1, 0.15) is 12.6 Å². The van der Waals surface area contributed by atoms with E-state index < -0.39 is 28.5 Å². The summed E-state index contributed by atoms with van der Waals surface area (Å²) in [5.41, 5.74) is 2.56. The van der Waals surface area contributed by atoms with Crippen LogP contribution in [0.2, 0.25) is 10.0 Å². The molecule has 0 radical (unpaired) electrons. The number of rotatable bonds is 13. The van der Waals surface area contributed by atoms with Crippen molar-refractivity contribution in [3.63, 3.8) is 0 Å². The van der Waals surface area contributed by atoms with Crippen molar-refractivity contribution < 1.29 is 18.0 Å². The van der Waals surface area contributed by atoms with E-state index in [9.17, 15) is 18.0 Å². The average molecular weight is 667 g/mol. The molecular formula is C35H37Cl2N3O4S. The number of aryl methyl sites for hydroxylation is 1. The summed E-state index contributed by atoms with van der Waals surface area (Å²) in [7, 11) is -4.18. The molecule has 0 aliphatic heterocycles. The fourth-order valence-corrected chi connectivity index (χ4v) is 7.00. The molecule has 0 unspecified atom stereocenters. The number of halogens is 2. The van der Waals surface area contributed by atoms with Crippen LogP contribution in [0, 0.1) is 0 Å². The Morgan fingerprint density at radius 2 is 1.44 bits per heavy atom. The highest BCUT2D eigenvalue weighted by Gasteiger charge is 2.35. The molecule has 7 nitrogen and oxygen atoms in total. The highest BCUT2D eigenvalue weighted by Crippen LogP contribution is 2.29. The smallest absolute Gasteiger partial charge is 0.264 e. The van der Waals surface area contributed by atoms with Crippen molar-refractivity contribution in [2.24, 2.45) is 0 Å². The van der Waals surface area contributed by atoms with E-state index in [1.807, 2.05) is 63.2 Å². The second-order valence-electron chi connectivity index (χ2n) is 10.9. The Balaban J connectivity index is 1.85. The van der Waals surface area contributed by atoms with Crippen molar-refractivity contribution in [1.29, 1.82) is 0 Å². The Morgan fingerprint density at radius 1 is 0.822 bits per heavy atom. The van der Waals surface area contributed by atoms with E-state index in [1.165, 1.54) is 17.0 Å². The van der Waals surface area contributed by atoms with Gasteiger partial charge in [-0.15, -0.1) is 0 Å². The number of carbonyl (C=O) groups excluding carboxylic acids is 2. The van der Waals surface area contributed by atoms with Crippen molar-refractivity contribution in [3.8, 4) is 0 Å². The predicted octanol–water partition coefficient (Wildman–Crippen LogP) is 6.92. The first-order chi connectivity index (χ1) is 21.5. The number of carbonyl (C=O) groups is 2. The third-order valence-electron chi connectivity index (χ3n) is 7.31. The Hall–Kier alpha value is -3.85. The maximum Gasteiger partial charge on any atom is 0.264 e. The molecular weight excluding hydrogens is 629 g/mol. The quantitative estimate of drug-likeness (QED) is 0.168. The zero-order chi connectivity index (χ0) is 32.6. The molecule has 0 saturated carbocycles. The van der Waals surface area contributed by atoms with Gasteiger partial charge >= 0.3 is 0 Å². The first kappa shape index (κ1) is 34.0. The summed E-state index contributed by atoms with van der Waals surface area (Å²) in [4.78, 5) is 29.9. The molecule has 0 bridgehead atoms. The molecule has 4 aromatic carbocycles. The lowest BCUT2D eigenvalue weighted by molar-refractivity contribution is -0.140. The maximum absolute atomic E-state index is 14.6. The number of nitrogens with zero attached hydrogens (tertiary/aromatic N) is 2. The third kappa shape index (κ3) is 8.66. The van der Waals surface area contributed by atoms with E-state index >= 15 is 0 Å². The molecule has 0 spiro atoms. The molecule has 4 aromatic rings. The van der Waals surface area contributed by atoms with Gasteiger partial charge in [-0.1, -0.05) is 103 Å².